The number of hydrogen-bond donors (Lipinski definition) is 1. The van der Waals surface area contributed by atoms with E-state index in [0.29, 0.717) is 18.0 Å². The lowest BCUT2D eigenvalue weighted by atomic mass is 10.2. The molecule has 1 fully saturated rings. The largest absolute Gasteiger partial charge is 0.454 e. The number of nitrogens with one attached hydrogen (secondary N) is 1. The Balaban J connectivity index is 1.56. The van der Waals surface area contributed by atoms with Gasteiger partial charge in [0.1, 0.15) is 0 Å². The third kappa shape index (κ3) is 3.46. The first-order valence-electron chi connectivity index (χ1n) is 7.17. The molecule has 1 amide bonds. The second-order valence-electron chi connectivity index (χ2n) is 5.57. The highest BCUT2D eigenvalue weighted by Crippen LogP contribution is 2.34. The Labute approximate surface area is 124 Å². The van der Waals surface area contributed by atoms with Gasteiger partial charge in [-0.15, -0.1) is 0 Å². The van der Waals surface area contributed by atoms with Crippen molar-refractivity contribution >= 4 is 11.6 Å². The molecule has 114 valence electrons. The lowest BCUT2D eigenvalue weighted by Crippen LogP contribution is -2.48. The minimum Gasteiger partial charge on any atom is -0.454 e. The quantitative estimate of drug-likeness (QED) is 0.914. The Kier molecular flexibility index (Phi) is 3.98. The SMILES string of the molecule is C[C@@H]1CN(CC(=O)Nc2ccc3c(c2)OCO3)C[C@H](C)O1. The van der Waals surface area contributed by atoms with E-state index in [0.717, 1.165) is 18.8 Å². The number of hydrogen-bond acceptors (Lipinski definition) is 5. The molecule has 2 aliphatic rings. The molecule has 2 atom stereocenters. The molecule has 0 radical (unpaired) electrons. The Morgan fingerprint density at radius 2 is 1.95 bits per heavy atom. The van der Waals surface area contributed by atoms with Gasteiger partial charge in [0, 0.05) is 24.8 Å². The number of fused-ring (bicyclic) bond motifs is 1. The summed E-state index contributed by atoms with van der Waals surface area (Å²) in [6, 6.07) is 5.40. The van der Waals surface area contributed by atoms with Crippen molar-refractivity contribution in [3.8, 4) is 11.5 Å². The van der Waals surface area contributed by atoms with Gasteiger partial charge in [-0.3, -0.25) is 9.69 Å². The molecule has 0 bridgehead atoms. The van der Waals surface area contributed by atoms with Crippen molar-refractivity contribution in [2.45, 2.75) is 26.1 Å². The van der Waals surface area contributed by atoms with E-state index in [-0.39, 0.29) is 24.9 Å². The molecule has 0 saturated carbocycles. The van der Waals surface area contributed by atoms with Gasteiger partial charge < -0.3 is 19.5 Å². The van der Waals surface area contributed by atoms with Crippen molar-refractivity contribution in [2.24, 2.45) is 0 Å². The van der Waals surface area contributed by atoms with Crippen LogP contribution >= 0.6 is 0 Å². The molecular weight excluding hydrogens is 272 g/mol. The third-order valence-electron chi connectivity index (χ3n) is 3.52. The summed E-state index contributed by atoms with van der Waals surface area (Å²) in [5.74, 6) is 1.35. The highest BCUT2D eigenvalue weighted by Gasteiger charge is 2.23. The van der Waals surface area contributed by atoms with Gasteiger partial charge in [-0.05, 0) is 26.0 Å². The van der Waals surface area contributed by atoms with E-state index in [1.165, 1.54) is 0 Å². The normalized spacial score (nSPS) is 24.9. The Morgan fingerprint density at radius 1 is 1.24 bits per heavy atom. The molecule has 1 aromatic carbocycles. The molecule has 0 aliphatic carbocycles. The second kappa shape index (κ2) is 5.91. The van der Waals surface area contributed by atoms with Gasteiger partial charge in [-0.2, -0.15) is 0 Å². The molecule has 1 N–H and O–H groups in total. The summed E-state index contributed by atoms with van der Waals surface area (Å²) in [6.07, 6.45) is 0.319. The fraction of sp³-hybridized carbons (Fsp3) is 0.533. The molecule has 6 heteroatoms. The number of carbonyl (C=O) groups excluding carboxylic acids is 1. The smallest absolute Gasteiger partial charge is 0.238 e. The van der Waals surface area contributed by atoms with Gasteiger partial charge in [0.25, 0.3) is 0 Å². The van der Waals surface area contributed by atoms with Gasteiger partial charge in [0.2, 0.25) is 12.7 Å². The molecule has 3 rings (SSSR count). The number of nitrogens with zero attached hydrogens (tertiary/aromatic N) is 1. The molecular formula is C15H20N2O4. The first-order chi connectivity index (χ1) is 10.1. The van der Waals surface area contributed by atoms with E-state index in [1.54, 1.807) is 12.1 Å². The van der Waals surface area contributed by atoms with Crippen LogP contribution < -0.4 is 14.8 Å². The van der Waals surface area contributed by atoms with Crippen LogP contribution in [0.4, 0.5) is 5.69 Å². The number of morpholine rings is 1. The van der Waals surface area contributed by atoms with Crippen LogP contribution in [-0.2, 0) is 9.53 Å². The van der Waals surface area contributed by atoms with Gasteiger partial charge in [0.05, 0.1) is 18.8 Å². The van der Waals surface area contributed by atoms with Gasteiger partial charge >= 0.3 is 0 Å². The minimum absolute atomic E-state index is 0.0323. The minimum atomic E-state index is -0.0323. The maximum Gasteiger partial charge on any atom is 0.238 e. The summed E-state index contributed by atoms with van der Waals surface area (Å²) in [4.78, 5) is 14.2. The van der Waals surface area contributed by atoms with Crippen LogP contribution in [0.25, 0.3) is 0 Å². The molecule has 21 heavy (non-hydrogen) atoms. The van der Waals surface area contributed by atoms with Crippen molar-refractivity contribution < 1.29 is 19.0 Å². The molecule has 0 spiro atoms. The highest BCUT2D eigenvalue weighted by molar-refractivity contribution is 5.92. The Bertz CT molecular complexity index is 524. The Morgan fingerprint density at radius 3 is 2.71 bits per heavy atom. The summed E-state index contributed by atoms with van der Waals surface area (Å²) >= 11 is 0. The molecule has 0 aromatic heterocycles. The zero-order valence-electron chi connectivity index (χ0n) is 12.3. The highest BCUT2D eigenvalue weighted by atomic mass is 16.7. The number of benzene rings is 1. The average Bonchev–Trinajstić information content (AvgIpc) is 2.84. The van der Waals surface area contributed by atoms with Crippen LogP contribution in [-0.4, -0.2) is 49.4 Å². The average molecular weight is 292 g/mol. The fourth-order valence-corrected chi connectivity index (χ4v) is 2.79. The first-order valence-corrected chi connectivity index (χ1v) is 7.17. The van der Waals surface area contributed by atoms with Crippen molar-refractivity contribution in [1.29, 1.82) is 0 Å². The van der Waals surface area contributed by atoms with Gasteiger partial charge in [0.15, 0.2) is 11.5 Å². The summed E-state index contributed by atoms with van der Waals surface area (Å²) in [7, 11) is 0. The van der Waals surface area contributed by atoms with E-state index in [9.17, 15) is 4.79 Å². The molecule has 1 saturated heterocycles. The van der Waals surface area contributed by atoms with Crippen molar-refractivity contribution in [2.75, 3.05) is 31.7 Å². The predicted molar refractivity (Wildman–Crippen MR) is 77.6 cm³/mol. The van der Waals surface area contributed by atoms with Crippen LogP contribution in [0.3, 0.4) is 0 Å². The van der Waals surface area contributed by atoms with Gasteiger partial charge in [-0.25, -0.2) is 0 Å². The predicted octanol–water partition coefficient (Wildman–Crippen LogP) is 1.46. The van der Waals surface area contributed by atoms with E-state index < -0.39 is 0 Å². The lowest BCUT2D eigenvalue weighted by Gasteiger charge is -2.34. The van der Waals surface area contributed by atoms with E-state index in [1.807, 2.05) is 19.9 Å². The topological polar surface area (TPSA) is 60.0 Å². The number of carbonyl (C=O) groups is 1. The van der Waals surface area contributed by atoms with Crippen LogP contribution in [0.15, 0.2) is 18.2 Å². The monoisotopic (exact) mass is 292 g/mol. The number of anilines is 1. The first kappa shape index (κ1) is 14.2. The van der Waals surface area contributed by atoms with E-state index in [4.69, 9.17) is 14.2 Å². The van der Waals surface area contributed by atoms with Crippen molar-refractivity contribution in [1.82, 2.24) is 4.90 Å². The Hall–Kier alpha value is -1.79. The summed E-state index contributed by atoms with van der Waals surface area (Å²) in [5, 5.41) is 2.89. The zero-order valence-corrected chi connectivity index (χ0v) is 12.3. The maximum atomic E-state index is 12.1. The third-order valence-corrected chi connectivity index (χ3v) is 3.52. The van der Waals surface area contributed by atoms with Crippen molar-refractivity contribution in [3.05, 3.63) is 18.2 Å². The van der Waals surface area contributed by atoms with Crippen LogP contribution in [0, 0.1) is 0 Å². The molecule has 2 heterocycles. The molecule has 2 aliphatic heterocycles. The molecule has 6 nitrogen and oxygen atoms in total. The summed E-state index contributed by atoms with van der Waals surface area (Å²) in [6.45, 7) is 6.21. The van der Waals surface area contributed by atoms with E-state index in [2.05, 4.69) is 10.2 Å². The maximum absolute atomic E-state index is 12.1. The molecule has 1 aromatic rings. The standard InChI is InChI=1S/C15H20N2O4/c1-10-6-17(7-11(2)21-10)8-15(18)16-12-3-4-13-14(5-12)20-9-19-13/h3-5,10-11H,6-9H2,1-2H3,(H,16,18)/t10-,11+. The number of rotatable bonds is 3. The van der Waals surface area contributed by atoms with Crippen molar-refractivity contribution in [3.63, 3.8) is 0 Å². The lowest BCUT2D eigenvalue weighted by molar-refractivity contribution is -0.121. The fourth-order valence-electron chi connectivity index (χ4n) is 2.79. The summed E-state index contributed by atoms with van der Waals surface area (Å²) < 4.78 is 16.2. The van der Waals surface area contributed by atoms with Crippen LogP contribution in [0.1, 0.15) is 13.8 Å². The number of ether oxygens (including phenoxy) is 3. The summed E-state index contributed by atoms with van der Waals surface area (Å²) in [5.41, 5.74) is 0.721. The van der Waals surface area contributed by atoms with Crippen LogP contribution in [0.2, 0.25) is 0 Å². The van der Waals surface area contributed by atoms with E-state index >= 15 is 0 Å². The second-order valence-corrected chi connectivity index (χ2v) is 5.57. The zero-order chi connectivity index (χ0) is 14.8. The van der Waals surface area contributed by atoms with Crippen LogP contribution in [0.5, 0.6) is 11.5 Å². The van der Waals surface area contributed by atoms with Gasteiger partial charge in [-0.1, -0.05) is 0 Å². The number of amides is 1. The molecule has 0 unspecified atom stereocenters.